The van der Waals surface area contributed by atoms with Crippen LogP contribution in [-0.2, 0) is 19.4 Å². The number of carbonyl (C=O) groups is 2. The topological polar surface area (TPSA) is 74.8 Å². The first kappa shape index (κ1) is 23.9. The fourth-order valence-electron chi connectivity index (χ4n) is 3.83. The maximum absolute atomic E-state index is 12.8. The largest absolute Gasteiger partial charge is 0.339 e. The van der Waals surface area contributed by atoms with Crippen LogP contribution in [0, 0.1) is 0 Å². The zero-order valence-electron chi connectivity index (χ0n) is 18.0. The lowest BCUT2D eigenvalue weighted by atomic mass is 10.0. The molecule has 3 rings (SSSR count). The van der Waals surface area contributed by atoms with Crippen LogP contribution in [0.5, 0.6) is 0 Å². The molecular formula is C22H28N2O4S3. The first-order valence-electron chi connectivity index (χ1n) is 10.5. The SMILES string of the molecule is CCN(C(=O)CCN1C(=O)/C(=C/c2ccc(C(C)C)cc2)SC1=S)[C@H]1CCS(=O)(=O)C1. The van der Waals surface area contributed by atoms with Gasteiger partial charge in [-0.3, -0.25) is 14.5 Å². The third-order valence-electron chi connectivity index (χ3n) is 5.63. The van der Waals surface area contributed by atoms with E-state index in [1.807, 2.05) is 25.1 Å². The summed E-state index contributed by atoms with van der Waals surface area (Å²) in [6.45, 7) is 6.75. The summed E-state index contributed by atoms with van der Waals surface area (Å²) in [7, 11) is -3.07. The van der Waals surface area contributed by atoms with E-state index in [1.54, 1.807) is 4.90 Å². The van der Waals surface area contributed by atoms with E-state index in [4.69, 9.17) is 12.2 Å². The maximum atomic E-state index is 12.8. The number of amides is 2. The summed E-state index contributed by atoms with van der Waals surface area (Å²) in [5, 5.41) is 0. The van der Waals surface area contributed by atoms with Crippen molar-refractivity contribution in [1.82, 2.24) is 9.80 Å². The van der Waals surface area contributed by atoms with Gasteiger partial charge in [-0.2, -0.15) is 0 Å². The number of thioether (sulfide) groups is 1. The van der Waals surface area contributed by atoms with E-state index in [2.05, 4.69) is 26.0 Å². The number of thiocarbonyl (C=S) groups is 1. The predicted molar refractivity (Wildman–Crippen MR) is 129 cm³/mol. The Morgan fingerprint density at radius 2 is 2.00 bits per heavy atom. The Labute approximate surface area is 194 Å². The Bertz CT molecular complexity index is 1000. The van der Waals surface area contributed by atoms with E-state index >= 15 is 0 Å². The van der Waals surface area contributed by atoms with Gasteiger partial charge in [0.05, 0.1) is 16.4 Å². The van der Waals surface area contributed by atoms with Gasteiger partial charge in [-0.15, -0.1) is 0 Å². The van der Waals surface area contributed by atoms with Crippen molar-refractivity contribution in [2.45, 2.75) is 45.6 Å². The molecule has 0 saturated carbocycles. The molecule has 0 bridgehead atoms. The minimum Gasteiger partial charge on any atom is -0.339 e. The van der Waals surface area contributed by atoms with Gasteiger partial charge in [0, 0.05) is 25.6 Å². The summed E-state index contributed by atoms with van der Waals surface area (Å²) in [6, 6.07) is 7.81. The van der Waals surface area contributed by atoms with E-state index in [-0.39, 0.29) is 42.3 Å². The van der Waals surface area contributed by atoms with Crippen molar-refractivity contribution in [1.29, 1.82) is 0 Å². The fourth-order valence-corrected chi connectivity index (χ4v) is 6.87. The van der Waals surface area contributed by atoms with Crippen LogP contribution in [0.2, 0.25) is 0 Å². The lowest BCUT2D eigenvalue weighted by Gasteiger charge is -2.27. The van der Waals surface area contributed by atoms with Gasteiger partial charge in [0.1, 0.15) is 4.32 Å². The highest BCUT2D eigenvalue weighted by atomic mass is 32.2. The quantitative estimate of drug-likeness (QED) is 0.440. The molecule has 6 nitrogen and oxygen atoms in total. The van der Waals surface area contributed by atoms with Crippen LogP contribution < -0.4 is 0 Å². The maximum Gasteiger partial charge on any atom is 0.266 e. The standard InChI is InChI=1S/C22H28N2O4S3/c1-4-23(18-10-12-31(27,28)14-18)20(25)9-11-24-21(26)19(30-22(24)29)13-16-5-7-17(8-6-16)15(2)3/h5-8,13,15,18H,4,9-12,14H2,1-3H3/b19-13-/t18-/m0/s1. The number of carbonyl (C=O) groups excluding carboxylic acids is 2. The third kappa shape index (κ3) is 5.75. The Hall–Kier alpha value is -1.71. The summed E-state index contributed by atoms with van der Waals surface area (Å²) in [5.74, 6) is 0.247. The number of nitrogens with zero attached hydrogens (tertiary/aromatic N) is 2. The minimum absolute atomic E-state index is 0.0198. The third-order valence-corrected chi connectivity index (χ3v) is 8.76. The van der Waals surface area contributed by atoms with Crippen LogP contribution in [0.15, 0.2) is 29.2 Å². The monoisotopic (exact) mass is 480 g/mol. The molecule has 2 aliphatic heterocycles. The van der Waals surface area contributed by atoms with Gasteiger partial charge in [-0.1, -0.05) is 62.1 Å². The summed E-state index contributed by atoms with van der Waals surface area (Å²) in [5.41, 5.74) is 2.17. The van der Waals surface area contributed by atoms with Crippen LogP contribution in [0.1, 0.15) is 50.7 Å². The molecule has 0 aliphatic carbocycles. The molecule has 0 radical (unpaired) electrons. The van der Waals surface area contributed by atoms with Crippen molar-refractivity contribution in [2.24, 2.45) is 0 Å². The Balaban J connectivity index is 1.62. The number of hydrogen-bond donors (Lipinski definition) is 0. The lowest BCUT2D eigenvalue weighted by Crippen LogP contribution is -2.42. The van der Waals surface area contributed by atoms with Crippen molar-refractivity contribution >= 4 is 56.0 Å². The van der Waals surface area contributed by atoms with Crippen molar-refractivity contribution in [3.8, 4) is 0 Å². The van der Waals surface area contributed by atoms with Gasteiger partial charge in [-0.05, 0) is 36.5 Å². The van der Waals surface area contributed by atoms with E-state index in [9.17, 15) is 18.0 Å². The molecule has 2 heterocycles. The number of rotatable bonds is 7. The summed E-state index contributed by atoms with van der Waals surface area (Å²) < 4.78 is 24.0. The average molecular weight is 481 g/mol. The molecule has 1 aromatic carbocycles. The molecule has 2 saturated heterocycles. The van der Waals surface area contributed by atoms with Crippen LogP contribution in [-0.4, -0.2) is 65.0 Å². The van der Waals surface area contributed by atoms with Gasteiger partial charge in [-0.25, -0.2) is 8.42 Å². The van der Waals surface area contributed by atoms with Gasteiger partial charge >= 0.3 is 0 Å². The average Bonchev–Trinajstić information content (AvgIpc) is 3.19. The summed E-state index contributed by atoms with van der Waals surface area (Å²) in [4.78, 5) is 29.2. The Morgan fingerprint density at radius 3 is 2.55 bits per heavy atom. The highest BCUT2D eigenvalue weighted by molar-refractivity contribution is 8.26. The molecule has 2 fully saturated rings. The molecule has 168 valence electrons. The van der Waals surface area contributed by atoms with E-state index in [1.165, 1.54) is 22.2 Å². The Kier molecular flexibility index (Phi) is 7.59. The van der Waals surface area contributed by atoms with E-state index < -0.39 is 9.84 Å². The fraction of sp³-hybridized carbons (Fsp3) is 0.500. The molecule has 0 spiro atoms. The van der Waals surface area contributed by atoms with Crippen LogP contribution >= 0.6 is 24.0 Å². The molecular weight excluding hydrogens is 452 g/mol. The second-order valence-electron chi connectivity index (χ2n) is 8.14. The molecule has 1 atom stereocenters. The van der Waals surface area contributed by atoms with E-state index in [0.29, 0.717) is 28.1 Å². The second kappa shape index (κ2) is 9.83. The van der Waals surface area contributed by atoms with Crippen molar-refractivity contribution < 1.29 is 18.0 Å². The second-order valence-corrected chi connectivity index (χ2v) is 12.0. The zero-order chi connectivity index (χ0) is 22.8. The molecule has 0 N–H and O–H groups in total. The molecule has 0 unspecified atom stereocenters. The van der Waals surface area contributed by atoms with Crippen molar-refractivity contribution in [3.63, 3.8) is 0 Å². The summed E-state index contributed by atoms with van der Waals surface area (Å²) >= 11 is 6.61. The van der Waals surface area contributed by atoms with Gasteiger partial charge in [0.15, 0.2) is 9.84 Å². The zero-order valence-corrected chi connectivity index (χ0v) is 20.5. The van der Waals surface area contributed by atoms with Crippen molar-refractivity contribution in [2.75, 3.05) is 24.6 Å². The van der Waals surface area contributed by atoms with Crippen molar-refractivity contribution in [3.05, 3.63) is 40.3 Å². The lowest BCUT2D eigenvalue weighted by molar-refractivity contribution is -0.133. The van der Waals surface area contributed by atoms with Crippen LogP contribution in [0.3, 0.4) is 0 Å². The minimum atomic E-state index is -3.07. The first-order valence-corrected chi connectivity index (χ1v) is 13.5. The number of benzene rings is 1. The first-order chi connectivity index (χ1) is 14.6. The molecule has 2 amide bonds. The molecule has 1 aromatic rings. The van der Waals surface area contributed by atoms with Crippen LogP contribution in [0.4, 0.5) is 0 Å². The number of hydrogen-bond acceptors (Lipinski definition) is 6. The highest BCUT2D eigenvalue weighted by Gasteiger charge is 2.35. The molecule has 9 heteroatoms. The van der Waals surface area contributed by atoms with Gasteiger partial charge in [0.2, 0.25) is 5.91 Å². The predicted octanol–water partition coefficient (Wildman–Crippen LogP) is 3.44. The molecule has 31 heavy (non-hydrogen) atoms. The normalized spacial score (nSPS) is 22.0. The number of sulfone groups is 1. The smallest absolute Gasteiger partial charge is 0.266 e. The molecule has 0 aromatic heterocycles. The van der Waals surface area contributed by atoms with E-state index in [0.717, 1.165) is 5.56 Å². The molecule has 2 aliphatic rings. The highest BCUT2D eigenvalue weighted by Crippen LogP contribution is 2.33. The Morgan fingerprint density at radius 1 is 1.32 bits per heavy atom. The van der Waals surface area contributed by atoms with Gasteiger partial charge in [0.25, 0.3) is 5.91 Å². The summed E-state index contributed by atoms with van der Waals surface area (Å²) in [6.07, 6.45) is 2.42. The van der Waals surface area contributed by atoms with Gasteiger partial charge < -0.3 is 4.90 Å². The van der Waals surface area contributed by atoms with Crippen LogP contribution in [0.25, 0.3) is 6.08 Å².